The van der Waals surface area contributed by atoms with Gasteiger partial charge in [-0.05, 0) is 43.7 Å². The number of aromatic nitrogens is 2. The van der Waals surface area contributed by atoms with Crippen LogP contribution in [0.25, 0.3) is 21.8 Å². The van der Waals surface area contributed by atoms with Crippen LogP contribution in [-0.2, 0) is 16.1 Å². The molecule has 10 nitrogen and oxygen atoms in total. The summed E-state index contributed by atoms with van der Waals surface area (Å²) in [4.78, 5) is 29.9. The largest absolute Gasteiger partial charge is 0.515 e. The molecule has 0 aliphatic rings. The van der Waals surface area contributed by atoms with Crippen LogP contribution in [0.2, 0.25) is 0 Å². The second-order valence-corrected chi connectivity index (χ2v) is 7.19. The fraction of sp³-hybridized carbons (Fsp3) is 0.217. The van der Waals surface area contributed by atoms with E-state index in [9.17, 15) is 14.9 Å². The molecule has 33 heavy (non-hydrogen) atoms. The quantitative estimate of drug-likeness (QED) is 0.225. The van der Waals surface area contributed by atoms with Crippen LogP contribution in [0.15, 0.2) is 42.6 Å². The third-order valence-electron chi connectivity index (χ3n) is 5.00. The highest BCUT2D eigenvalue weighted by atomic mass is 16.7. The van der Waals surface area contributed by atoms with E-state index in [4.69, 9.17) is 18.9 Å². The Morgan fingerprint density at radius 2 is 2.00 bits per heavy atom. The van der Waals surface area contributed by atoms with Crippen molar-refractivity contribution in [2.75, 3.05) is 13.7 Å². The Morgan fingerprint density at radius 1 is 1.18 bits per heavy atom. The summed E-state index contributed by atoms with van der Waals surface area (Å²) in [5, 5.41) is 12.6. The van der Waals surface area contributed by atoms with Crippen molar-refractivity contribution < 1.29 is 28.7 Å². The normalized spacial score (nSPS) is 11.0. The molecule has 0 saturated carbocycles. The summed E-state index contributed by atoms with van der Waals surface area (Å²) in [6.45, 7) is 3.75. The van der Waals surface area contributed by atoms with Crippen LogP contribution in [0.1, 0.15) is 18.1 Å². The van der Waals surface area contributed by atoms with Crippen LogP contribution in [-0.4, -0.2) is 34.8 Å². The molecule has 0 aliphatic carbocycles. The van der Waals surface area contributed by atoms with Crippen molar-refractivity contribution in [3.8, 4) is 17.4 Å². The number of aromatic amines is 1. The summed E-state index contributed by atoms with van der Waals surface area (Å²) >= 11 is 0. The van der Waals surface area contributed by atoms with Gasteiger partial charge in [0, 0.05) is 35.5 Å². The molecule has 4 rings (SSSR count). The Balaban J connectivity index is 1.78. The summed E-state index contributed by atoms with van der Waals surface area (Å²) < 4.78 is 21.5. The van der Waals surface area contributed by atoms with Crippen molar-refractivity contribution >= 4 is 33.6 Å². The molecule has 0 aliphatic heterocycles. The molecule has 170 valence electrons. The van der Waals surface area contributed by atoms with Crippen molar-refractivity contribution in [2.45, 2.75) is 20.5 Å². The number of nitrogens with zero attached hydrogens (tertiary/aromatic N) is 2. The van der Waals surface area contributed by atoms with Gasteiger partial charge in [0.2, 0.25) is 5.88 Å². The number of H-pyrrole nitrogens is 1. The van der Waals surface area contributed by atoms with Gasteiger partial charge in [-0.15, -0.1) is 0 Å². The molecule has 2 heterocycles. The predicted molar refractivity (Wildman–Crippen MR) is 120 cm³/mol. The van der Waals surface area contributed by atoms with Crippen LogP contribution in [0.4, 0.5) is 10.5 Å². The van der Waals surface area contributed by atoms with E-state index in [0.29, 0.717) is 22.6 Å². The number of hydrogen-bond donors (Lipinski definition) is 1. The lowest BCUT2D eigenvalue weighted by Crippen LogP contribution is -2.12. The molecule has 0 bridgehead atoms. The van der Waals surface area contributed by atoms with Crippen LogP contribution < -0.4 is 9.47 Å². The molecular weight excluding hydrogens is 430 g/mol. The van der Waals surface area contributed by atoms with Gasteiger partial charge in [0.1, 0.15) is 11.5 Å². The number of methoxy groups -OCH3 is 1. The Bertz CT molecular complexity index is 1360. The number of non-ortho nitro benzene ring substituents is 1. The average Bonchev–Trinajstić information content (AvgIpc) is 3.15. The molecule has 2 aromatic heterocycles. The van der Waals surface area contributed by atoms with Crippen LogP contribution in [0, 0.1) is 17.0 Å². The van der Waals surface area contributed by atoms with Gasteiger partial charge in [0.25, 0.3) is 5.69 Å². The number of hydrogen-bond acceptors (Lipinski definition) is 8. The second kappa shape index (κ2) is 9.13. The molecule has 0 spiro atoms. The minimum Gasteiger partial charge on any atom is -0.457 e. The van der Waals surface area contributed by atoms with E-state index >= 15 is 0 Å². The fourth-order valence-electron chi connectivity index (χ4n) is 3.57. The highest BCUT2D eigenvalue weighted by molar-refractivity contribution is 6.09. The van der Waals surface area contributed by atoms with Crippen LogP contribution in [0.5, 0.6) is 17.4 Å². The summed E-state index contributed by atoms with van der Waals surface area (Å²) in [5.74, 6) is 1.14. The monoisotopic (exact) mass is 451 g/mol. The number of pyridine rings is 1. The SMILES string of the molecule is CCOC(=O)Oc1ncc2[nH]c3ccc(Oc4ccc([N+](=O)[O-])cc4C)cc3c2c1COC. The highest BCUT2D eigenvalue weighted by Crippen LogP contribution is 2.36. The van der Waals surface area contributed by atoms with Crippen molar-refractivity contribution in [1.29, 1.82) is 0 Å². The Morgan fingerprint density at radius 3 is 2.70 bits per heavy atom. The van der Waals surface area contributed by atoms with Crippen molar-refractivity contribution in [3.05, 3.63) is 63.8 Å². The third-order valence-corrected chi connectivity index (χ3v) is 5.00. The number of carbonyl (C=O) groups excluding carboxylic acids is 1. The molecule has 1 N–H and O–H groups in total. The summed E-state index contributed by atoms with van der Waals surface area (Å²) in [6.07, 6.45) is 0.726. The van der Waals surface area contributed by atoms with E-state index in [-0.39, 0.29) is 24.8 Å². The zero-order valence-electron chi connectivity index (χ0n) is 18.2. The Hall–Kier alpha value is -4.18. The number of aryl methyl sites for hydroxylation is 1. The predicted octanol–water partition coefficient (Wildman–Crippen LogP) is 5.41. The van der Waals surface area contributed by atoms with Crippen LogP contribution in [0.3, 0.4) is 0 Å². The van der Waals surface area contributed by atoms with Gasteiger partial charge in [-0.2, -0.15) is 0 Å². The number of fused-ring (bicyclic) bond motifs is 3. The van der Waals surface area contributed by atoms with Gasteiger partial charge in [0.15, 0.2) is 0 Å². The van der Waals surface area contributed by atoms with Crippen molar-refractivity contribution in [2.24, 2.45) is 0 Å². The van der Waals surface area contributed by atoms with Crippen molar-refractivity contribution in [1.82, 2.24) is 9.97 Å². The summed E-state index contributed by atoms with van der Waals surface area (Å²) in [5.41, 5.74) is 2.77. The van der Waals surface area contributed by atoms with E-state index in [1.165, 1.54) is 19.2 Å². The lowest BCUT2D eigenvalue weighted by molar-refractivity contribution is -0.384. The van der Waals surface area contributed by atoms with Gasteiger partial charge < -0.3 is 23.9 Å². The molecular formula is C23H21N3O7. The zero-order valence-corrected chi connectivity index (χ0v) is 18.2. The Kier molecular flexibility index (Phi) is 6.09. The van der Waals surface area contributed by atoms with E-state index in [1.54, 1.807) is 32.2 Å². The molecule has 10 heteroatoms. The maximum Gasteiger partial charge on any atom is 0.515 e. The first-order valence-electron chi connectivity index (χ1n) is 10.1. The maximum absolute atomic E-state index is 11.9. The third kappa shape index (κ3) is 4.41. The van der Waals surface area contributed by atoms with E-state index < -0.39 is 11.1 Å². The fourth-order valence-corrected chi connectivity index (χ4v) is 3.57. The first kappa shape index (κ1) is 22.0. The van der Waals surface area contributed by atoms with E-state index in [0.717, 1.165) is 21.8 Å². The lowest BCUT2D eigenvalue weighted by atomic mass is 10.1. The van der Waals surface area contributed by atoms with Gasteiger partial charge in [-0.1, -0.05) is 0 Å². The summed E-state index contributed by atoms with van der Waals surface area (Å²) in [6, 6.07) is 9.90. The first-order valence-corrected chi connectivity index (χ1v) is 10.1. The zero-order chi connectivity index (χ0) is 23.5. The number of nitro groups is 1. The maximum atomic E-state index is 11.9. The van der Waals surface area contributed by atoms with E-state index in [2.05, 4.69) is 9.97 Å². The van der Waals surface area contributed by atoms with Gasteiger partial charge in [-0.25, -0.2) is 9.78 Å². The smallest absolute Gasteiger partial charge is 0.457 e. The standard InChI is InChI=1S/C23H21N3O7/c1-4-31-23(27)33-22-17(12-30-3)21-16-10-15(6-7-18(16)25-19(21)11-24-22)32-20-8-5-14(26(28)29)9-13(20)2/h5-11,25H,4,12H2,1-3H3. The van der Waals surface area contributed by atoms with Gasteiger partial charge in [-0.3, -0.25) is 10.1 Å². The topological polar surface area (TPSA) is 126 Å². The second-order valence-electron chi connectivity index (χ2n) is 7.19. The van der Waals surface area contributed by atoms with Gasteiger partial charge >= 0.3 is 6.16 Å². The number of benzene rings is 2. The molecule has 0 saturated heterocycles. The number of ether oxygens (including phenoxy) is 4. The van der Waals surface area contributed by atoms with Crippen molar-refractivity contribution in [3.63, 3.8) is 0 Å². The molecule has 2 aromatic carbocycles. The molecule has 0 radical (unpaired) electrons. The minimum absolute atomic E-state index is 0.00207. The average molecular weight is 451 g/mol. The lowest BCUT2D eigenvalue weighted by Gasteiger charge is -2.11. The van der Waals surface area contributed by atoms with E-state index in [1.807, 2.05) is 12.1 Å². The number of rotatable bonds is 7. The number of carbonyl (C=O) groups is 1. The molecule has 0 fully saturated rings. The minimum atomic E-state index is -0.848. The summed E-state index contributed by atoms with van der Waals surface area (Å²) in [7, 11) is 1.54. The number of nitro benzene ring substituents is 1. The molecule has 0 amide bonds. The molecule has 0 atom stereocenters. The molecule has 4 aromatic rings. The number of nitrogens with one attached hydrogen (secondary N) is 1. The van der Waals surface area contributed by atoms with Gasteiger partial charge in [0.05, 0.1) is 35.4 Å². The Labute approximate surface area is 188 Å². The van der Waals surface area contributed by atoms with Crippen LogP contribution >= 0.6 is 0 Å². The molecule has 0 unspecified atom stereocenters. The first-order chi connectivity index (χ1) is 15.9. The highest BCUT2D eigenvalue weighted by Gasteiger charge is 2.19.